The van der Waals surface area contributed by atoms with Gasteiger partial charge in [0.15, 0.2) is 0 Å². The van der Waals surface area contributed by atoms with E-state index < -0.39 is 0 Å². The topological polar surface area (TPSA) is 29.3 Å². The Labute approximate surface area is 120 Å². The molecule has 2 aromatic carbocycles. The Bertz CT molecular complexity index is 563. The highest BCUT2D eigenvalue weighted by Gasteiger charge is 2.15. The lowest BCUT2D eigenvalue weighted by molar-refractivity contribution is 0.585. The van der Waals surface area contributed by atoms with Crippen LogP contribution in [0.1, 0.15) is 37.1 Å². The van der Waals surface area contributed by atoms with Crippen LogP contribution in [0.3, 0.4) is 0 Å². The van der Waals surface area contributed by atoms with Gasteiger partial charge in [-0.3, -0.25) is 0 Å². The predicted molar refractivity (Wildman–Crippen MR) is 82.3 cm³/mol. The molecule has 2 aromatic rings. The molecule has 0 aromatic heterocycles. The quantitative estimate of drug-likeness (QED) is 0.910. The van der Waals surface area contributed by atoms with E-state index in [0.717, 1.165) is 11.3 Å². The molecule has 2 atom stereocenters. The van der Waals surface area contributed by atoms with E-state index in [0.29, 0.717) is 5.56 Å². The Kier molecular flexibility index (Phi) is 4.40. The lowest BCUT2D eigenvalue weighted by Crippen LogP contribution is -2.22. The monoisotopic (exact) mass is 272 g/mol. The Morgan fingerprint density at radius 2 is 1.60 bits per heavy atom. The largest absolute Gasteiger partial charge is 0.368 e. The average Bonchev–Trinajstić information content (AvgIpc) is 2.46. The van der Waals surface area contributed by atoms with E-state index in [2.05, 4.69) is 4.90 Å². The second kappa shape index (κ2) is 6.06. The van der Waals surface area contributed by atoms with E-state index in [9.17, 15) is 4.39 Å². The average molecular weight is 272 g/mol. The summed E-state index contributed by atoms with van der Waals surface area (Å²) in [6.45, 7) is 3.96. The second-order valence-corrected chi connectivity index (χ2v) is 5.19. The second-order valence-electron chi connectivity index (χ2n) is 5.19. The maximum absolute atomic E-state index is 13.8. The van der Waals surface area contributed by atoms with Gasteiger partial charge < -0.3 is 10.6 Å². The van der Waals surface area contributed by atoms with Gasteiger partial charge in [0.05, 0.1) is 6.04 Å². The molecule has 2 nitrogen and oxygen atoms in total. The molecule has 0 amide bonds. The molecule has 0 bridgehead atoms. The summed E-state index contributed by atoms with van der Waals surface area (Å²) in [6, 6.07) is 15.0. The number of hydrogen-bond acceptors (Lipinski definition) is 2. The molecule has 106 valence electrons. The zero-order valence-electron chi connectivity index (χ0n) is 12.2. The van der Waals surface area contributed by atoms with E-state index in [1.54, 1.807) is 6.07 Å². The van der Waals surface area contributed by atoms with Gasteiger partial charge in [-0.05, 0) is 37.6 Å². The van der Waals surface area contributed by atoms with Gasteiger partial charge in [-0.15, -0.1) is 0 Å². The lowest BCUT2D eigenvalue weighted by Gasteiger charge is -2.28. The van der Waals surface area contributed by atoms with Crippen LogP contribution >= 0.6 is 0 Å². The van der Waals surface area contributed by atoms with Crippen molar-refractivity contribution in [2.24, 2.45) is 5.73 Å². The number of anilines is 1. The van der Waals surface area contributed by atoms with Crippen LogP contribution in [0, 0.1) is 5.82 Å². The highest BCUT2D eigenvalue weighted by molar-refractivity contribution is 5.49. The summed E-state index contributed by atoms with van der Waals surface area (Å²) in [5.74, 6) is -0.168. The van der Waals surface area contributed by atoms with Crippen LogP contribution in [-0.2, 0) is 0 Å². The lowest BCUT2D eigenvalue weighted by atomic mass is 10.0. The van der Waals surface area contributed by atoms with Crippen LogP contribution in [0.2, 0.25) is 0 Å². The molecular formula is C17H21FN2. The molecule has 1 unspecified atom stereocenters. The molecule has 0 saturated carbocycles. The fourth-order valence-electron chi connectivity index (χ4n) is 2.26. The minimum Gasteiger partial charge on any atom is -0.368 e. The van der Waals surface area contributed by atoms with Crippen molar-refractivity contribution >= 4 is 5.69 Å². The maximum Gasteiger partial charge on any atom is 0.128 e. The van der Waals surface area contributed by atoms with Crippen LogP contribution in [0.25, 0.3) is 0 Å². The number of benzene rings is 2. The third-order valence-electron chi connectivity index (χ3n) is 3.76. The zero-order valence-corrected chi connectivity index (χ0v) is 12.2. The molecule has 0 aliphatic carbocycles. The molecule has 0 radical (unpaired) electrons. The molecule has 0 aliphatic heterocycles. The number of nitrogens with zero attached hydrogens (tertiary/aromatic N) is 1. The molecule has 2 N–H and O–H groups in total. The number of rotatable bonds is 4. The Balaban J connectivity index is 2.22. The first-order valence-electron chi connectivity index (χ1n) is 6.83. The standard InChI is InChI=1S/C17H21FN2/c1-12(19)14-8-10-15(11-9-14)20(3)13(2)16-6-4-5-7-17(16)18/h4-13H,19H2,1-3H3/t12-,13?/m1/s1. The van der Waals surface area contributed by atoms with Gasteiger partial charge in [0.2, 0.25) is 0 Å². The number of hydrogen-bond donors (Lipinski definition) is 1. The molecule has 0 fully saturated rings. The Morgan fingerprint density at radius 1 is 1.00 bits per heavy atom. The first-order valence-corrected chi connectivity index (χ1v) is 6.83. The predicted octanol–water partition coefficient (Wildman–Crippen LogP) is 4.04. The summed E-state index contributed by atoms with van der Waals surface area (Å²) in [6.07, 6.45) is 0. The van der Waals surface area contributed by atoms with Crippen molar-refractivity contribution in [3.63, 3.8) is 0 Å². The summed E-state index contributed by atoms with van der Waals surface area (Å²) >= 11 is 0. The third-order valence-corrected chi connectivity index (χ3v) is 3.76. The van der Waals surface area contributed by atoms with Crippen molar-refractivity contribution in [1.82, 2.24) is 0 Å². The minimum atomic E-state index is -0.168. The van der Waals surface area contributed by atoms with Crippen molar-refractivity contribution < 1.29 is 4.39 Å². The molecule has 3 heteroatoms. The summed E-state index contributed by atoms with van der Waals surface area (Å²) < 4.78 is 13.8. The first kappa shape index (κ1) is 14.5. The van der Waals surface area contributed by atoms with Crippen molar-refractivity contribution in [1.29, 1.82) is 0 Å². The van der Waals surface area contributed by atoms with Gasteiger partial charge in [-0.1, -0.05) is 30.3 Å². The van der Waals surface area contributed by atoms with E-state index in [4.69, 9.17) is 5.73 Å². The summed E-state index contributed by atoms with van der Waals surface area (Å²) in [5.41, 5.74) is 8.69. The zero-order chi connectivity index (χ0) is 14.7. The van der Waals surface area contributed by atoms with Gasteiger partial charge >= 0.3 is 0 Å². The fraction of sp³-hybridized carbons (Fsp3) is 0.294. The van der Waals surface area contributed by atoms with E-state index in [1.165, 1.54) is 6.07 Å². The highest BCUT2D eigenvalue weighted by atomic mass is 19.1. The normalized spacial score (nSPS) is 13.8. The molecule has 2 rings (SSSR count). The molecule has 20 heavy (non-hydrogen) atoms. The summed E-state index contributed by atoms with van der Waals surface area (Å²) in [5, 5.41) is 0. The third kappa shape index (κ3) is 2.99. The Morgan fingerprint density at radius 3 is 2.15 bits per heavy atom. The molecule has 0 saturated heterocycles. The molecular weight excluding hydrogens is 251 g/mol. The van der Waals surface area contributed by atoms with Crippen LogP contribution in [0.4, 0.5) is 10.1 Å². The van der Waals surface area contributed by atoms with E-state index in [-0.39, 0.29) is 17.9 Å². The van der Waals surface area contributed by atoms with Crippen molar-refractivity contribution in [2.45, 2.75) is 25.9 Å². The molecule has 0 heterocycles. The summed E-state index contributed by atoms with van der Waals surface area (Å²) in [4.78, 5) is 2.06. The van der Waals surface area contributed by atoms with E-state index in [1.807, 2.05) is 57.3 Å². The van der Waals surface area contributed by atoms with Gasteiger partial charge in [-0.25, -0.2) is 4.39 Å². The van der Waals surface area contributed by atoms with Crippen molar-refractivity contribution in [3.8, 4) is 0 Å². The van der Waals surface area contributed by atoms with Crippen LogP contribution in [-0.4, -0.2) is 7.05 Å². The van der Waals surface area contributed by atoms with Gasteiger partial charge in [0.1, 0.15) is 5.82 Å². The smallest absolute Gasteiger partial charge is 0.128 e. The van der Waals surface area contributed by atoms with Crippen LogP contribution in [0.5, 0.6) is 0 Å². The number of halogens is 1. The van der Waals surface area contributed by atoms with Gasteiger partial charge in [-0.2, -0.15) is 0 Å². The highest BCUT2D eigenvalue weighted by Crippen LogP contribution is 2.27. The molecule has 0 aliphatic rings. The number of nitrogens with two attached hydrogens (primary N) is 1. The van der Waals surface area contributed by atoms with Crippen molar-refractivity contribution in [3.05, 3.63) is 65.5 Å². The van der Waals surface area contributed by atoms with E-state index >= 15 is 0 Å². The van der Waals surface area contributed by atoms with Crippen molar-refractivity contribution in [2.75, 3.05) is 11.9 Å². The van der Waals surface area contributed by atoms with Gasteiger partial charge in [0, 0.05) is 24.3 Å². The summed E-state index contributed by atoms with van der Waals surface area (Å²) in [7, 11) is 1.97. The fourth-order valence-corrected chi connectivity index (χ4v) is 2.26. The Hall–Kier alpha value is -1.87. The maximum atomic E-state index is 13.8. The SMILES string of the molecule is CC(c1ccccc1F)N(C)c1ccc([C@@H](C)N)cc1. The van der Waals surface area contributed by atoms with Crippen LogP contribution in [0.15, 0.2) is 48.5 Å². The minimum absolute atomic E-state index is 0.0262. The molecule has 0 spiro atoms. The van der Waals surface area contributed by atoms with Gasteiger partial charge in [0.25, 0.3) is 0 Å². The first-order chi connectivity index (χ1) is 9.50. The van der Waals surface area contributed by atoms with Crippen LogP contribution < -0.4 is 10.6 Å².